The molecule has 0 spiro atoms. The molecule has 3 N–H and O–H groups in total. The average molecular weight is 330 g/mol. The van der Waals surface area contributed by atoms with Crippen LogP contribution in [0.1, 0.15) is 12.8 Å². The maximum atomic E-state index is 12.3. The van der Waals surface area contributed by atoms with Gasteiger partial charge in [-0.05, 0) is 36.6 Å². The molecule has 8 nitrogen and oxygen atoms in total. The minimum atomic E-state index is -3.53. The Hall–Kier alpha value is -2.52. The number of anilines is 1. The Labute approximate surface area is 132 Å². The van der Waals surface area contributed by atoms with Crippen LogP contribution in [0.15, 0.2) is 41.7 Å². The van der Waals surface area contributed by atoms with Crippen molar-refractivity contribution < 1.29 is 8.42 Å². The van der Waals surface area contributed by atoms with Crippen molar-refractivity contribution in [3.8, 4) is 11.1 Å². The van der Waals surface area contributed by atoms with E-state index >= 15 is 0 Å². The van der Waals surface area contributed by atoms with Crippen molar-refractivity contribution in [3.05, 3.63) is 36.8 Å². The number of sulfonamides is 1. The highest BCUT2D eigenvalue weighted by Gasteiger charge is 2.28. The zero-order chi connectivity index (χ0) is 16.0. The molecule has 1 saturated carbocycles. The summed E-state index contributed by atoms with van der Waals surface area (Å²) in [7, 11) is -3.53. The summed E-state index contributed by atoms with van der Waals surface area (Å²) in [6.07, 6.45) is 6.45. The molecule has 0 aliphatic heterocycles. The second kappa shape index (κ2) is 5.00. The predicted octanol–water partition coefficient (Wildman–Crippen LogP) is 0.814. The monoisotopic (exact) mass is 330 g/mol. The fourth-order valence-electron chi connectivity index (χ4n) is 2.29. The van der Waals surface area contributed by atoms with E-state index in [1.54, 1.807) is 29.0 Å². The minimum Gasteiger partial charge on any atom is -0.366 e. The maximum Gasteiger partial charge on any atom is 0.242 e. The molecule has 0 aromatic carbocycles. The van der Waals surface area contributed by atoms with Gasteiger partial charge in [-0.3, -0.25) is 4.98 Å². The fraction of sp³-hybridized carbons (Fsp3) is 0.214. The summed E-state index contributed by atoms with van der Waals surface area (Å²) in [6, 6.07) is 5.25. The number of hydrogen-bond acceptors (Lipinski definition) is 6. The molecule has 0 amide bonds. The second-order valence-electron chi connectivity index (χ2n) is 5.49. The number of nitrogens with one attached hydrogen (secondary N) is 1. The lowest BCUT2D eigenvalue weighted by atomic mass is 10.1. The van der Waals surface area contributed by atoms with Crippen molar-refractivity contribution >= 4 is 21.6 Å². The van der Waals surface area contributed by atoms with Crippen LogP contribution in [0.25, 0.3) is 16.8 Å². The van der Waals surface area contributed by atoms with Gasteiger partial charge in [0.2, 0.25) is 16.0 Å². The lowest BCUT2D eigenvalue weighted by Crippen LogP contribution is -2.25. The van der Waals surface area contributed by atoms with E-state index < -0.39 is 10.0 Å². The molecular weight excluding hydrogens is 316 g/mol. The summed E-state index contributed by atoms with van der Waals surface area (Å²) in [5, 5.41) is 4.01. The van der Waals surface area contributed by atoms with Gasteiger partial charge in [-0.2, -0.15) is 4.98 Å². The fourth-order valence-corrected chi connectivity index (χ4v) is 3.58. The van der Waals surface area contributed by atoms with Crippen molar-refractivity contribution in [2.24, 2.45) is 0 Å². The second-order valence-corrected chi connectivity index (χ2v) is 7.21. The van der Waals surface area contributed by atoms with Crippen molar-refractivity contribution in [2.75, 3.05) is 5.73 Å². The Morgan fingerprint density at radius 2 is 2.04 bits per heavy atom. The van der Waals surface area contributed by atoms with Crippen LogP contribution >= 0.6 is 0 Å². The molecule has 0 bridgehead atoms. The standard InChI is InChI=1S/C14H14N6O2S/c15-14-17-13-6-9(3-4-20(13)18-14)10-5-12(8-16-7-10)23(21,22)19-11-1-2-11/h3-8,11,19H,1-2H2,(H2,15,18). The molecule has 0 atom stereocenters. The molecule has 1 aliphatic rings. The number of pyridine rings is 2. The summed E-state index contributed by atoms with van der Waals surface area (Å²) in [5.41, 5.74) is 7.64. The minimum absolute atomic E-state index is 0.0546. The van der Waals surface area contributed by atoms with Gasteiger partial charge in [0, 0.05) is 30.2 Å². The van der Waals surface area contributed by atoms with Crippen LogP contribution in [-0.4, -0.2) is 34.0 Å². The van der Waals surface area contributed by atoms with E-state index in [-0.39, 0.29) is 16.9 Å². The van der Waals surface area contributed by atoms with Gasteiger partial charge in [-0.1, -0.05) is 0 Å². The Morgan fingerprint density at radius 3 is 2.83 bits per heavy atom. The first-order valence-corrected chi connectivity index (χ1v) is 8.59. The summed E-state index contributed by atoms with van der Waals surface area (Å²) in [5.74, 6) is 0.185. The summed E-state index contributed by atoms with van der Waals surface area (Å²) in [6.45, 7) is 0. The highest BCUT2D eigenvalue weighted by molar-refractivity contribution is 7.89. The van der Waals surface area contributed by atoms with Gasteiger partial charge in [0.25, 0.3) is 0 Å². The van der Waals surface area contributed by atoms with Gasteiger partial charge >= 0.3 is 0 Å². The Bertz CT molecular complexity index is 993. The van der Waals surface area contributed by atoms with E-state index in [2.05, 4.69) is 19.8 Å². The Morgan fingerprint density at radius 1 is 1.22 bits per heavy atom. The highest BCUT2D eigenvalue weighted by Crippen LogP contribution is 2.25. The van der Waals surface area contributed by atoms with E-state index in [9.17, 15) is 8.42 Å². The number of aromatic nitrogens is 4. The smallest absolute Gasteiger partial charge is 0.242 e. The number of nitrogens with zero attached hydrogens (tertiary/aromatic N) is 4. The average Bonchev–Trinajstić information content (AvgIpc) is 3.24. The largest absolute Gasteiger partial charge is 0.366 e. The Kier molecular flexibility index (Phi) is 3.06. The molecule has 3 heterocycles. The molecule has 3 aromatic heterocycles. The van der Waals surface area contributed by atoms with E-state index in [0.29, 0.717) is 11.2 Å². The lowest BCUT2D eigenvalue weighted by Gasteiger charge is -2.07. The van der Waals surface area contributed by atoms with E-state index in [1.165, 1.54) is 6.20 Å². The van der Waals surface area contributed by atoms with Crippen molar-refractivity contribution in [1.82, 2.24) is 24.3 Å². The highest BCUT2D eigenvalue weighted by atomic mass is 32.2. The normalized spacial score (nSPS) is 15.1. The van der Waals surface area contributed by atoms with Crippen LogP contribution in [0.3, 0.4) is 0 Å². The first-order chi connectivity index (χ1) is 11.0. The quantitative estimate of drug-likeness (QED) is 0.731. The van der Waals surface area contributed by atoms with Crippen LogP contribution < -0.4 is 10.5 Å². The molecule has 0 saturated heterocycles. The van der Waals surface area contributed by atoms with Gasteiger partial charge in [0.05, 0.1) is 0 Å². The van der Waals surface area contributed by atoms with Gasteiger partial charge in [-0.15, -0.1) is 5.10 Å². The van der Waals surface area contributed by atoms with E-state index in [4.69, 9.17) is 5.73 Å². The van der Waals surface area contributed by atoms with Crippen molar-refractivity contribution in [1.29, 1.82) is 0 Å². The van der Waals surface area contributed by atoms with Crippen molar-refractivity contribution in [2.45, 2.75) is 23.8 Å². The number of hydrogen-bond donors (Lipinski definition) is 2. The first-order valence-electron chi connectivity index (χ1n) is 7.11. The molecule has 1 fully saturated rings. The maximum absolute atomic E-state index is 12.3. The van der Waals surface area contributed by atoms with Crippen LogP contribution in [0.2, 0.25) is 0 Å². The molecule has 0 unspecified atom stereocenters. The third kappa shape index (κ3) is 2.76. The zero-order valence-corrected chi connectivity index (χ0v) is 12.9. The summed E-state index contributed by atoms with van der Waals surface area (Å²) in [4.78, 5) is 8.31. The third-order valence-corrected chi connectivity index (χ3v) is 5.10. The molecule has 4 rings (SSSR count). The molecular formula is C14H14N6O2S. The van der Waals surface area contributed by atoms with Gasteiger partial charge in [0.1, 0.15) is 4.90 Å². The number of nitrogens with two attached hydrogens (primary N) is 1. The van der Waals surface area contributed by atoms with Crippen molar-refractivity contribution in [3.63, 3.8) is 0 Å². The molecule has 0 radical (unpaired) electrons. The van der Waals surface area contributed by atoms with Crippen LogP contribution in [-0.2, 0) is 10.0 Å². The zero-order valence-electron chi connectivity index (χ0n) is 12.0. The van der Waals surface area contributed by atoms with Gasteiger partial charge in [-0.25, -0.2) is 17.7 Å². The number of fused-ring (bicyclic) bond motifs is 1. The summed E-state index contributed by atoms with van der Waals surface area (Å²) < 4.78 is 28.8. The number of rotatable bonds is 4. The van der Waals surface area contributed by atoms with Crippen LogP contribution in [0.4, 0.5) is 5.95 Å². The molecule has 9 heteroatoms. The van der Waals surface area contributed by atoms with Gasteiger partial charge < -0.3 is 5.73 Å². The molecule has 118 valence electrons. The topological polar surface area (TPSA) is 115 Å². The molecule has 1 aliphatic carbocycles. The first kappa shape index (κ1) is 14.1. The summed E-state index contributed by atoms with van der Waals surface area (Å²) >= 11 is 0. The van der Waals surface area contributed by atoms with Crippen LogP contribution in [0, 0.1) is 0 Å². The van der Waals surface area contributed by atoms with Gasteiger partial charge in [0.15, 0.2) is 5.65 Å². The van der Waals surface area contributed by atoms with E-state index in [0.717, 1.165) is 18.4 Å². The molecule has 3 aromatic rings. The molecule has 23 heavy (non-hydrogen) atoms. The SMILES string of the molecule is Nc1nc2cc(-c3cncc(S(=O)(=O)NC4CC4)c3)ccn2n1. The third-order valence-electron chi connectivity index (χ3n) is 3.61. The van der Waals surface area contributed by atoms with Crippen LogP contribution in [0.5, 0.6) is 0 Å². The Balaban J connectivity index is 1.74. The van der Waals surface area contributed by atoms with E-state index in [1.807, 2.05) is 6.07 Å². The predicted molar refractivity (Wildman–Crippen MR) is 84.0 cm³/mol. The lowest BCUT2D eigenvalue weighted by molar-refractivity contribution is 0.580. The number of nitrogen functional groups attached to an aromatic ring is 1.